The number of piperazine rings is 1. The normalized spacial score (nSPS) is 16.5. The number of carbonyl (C=O) groups excluding carboxylic acids is 2. The van der Waals surface area contributed by atoms with Gasteiger partial charge >= 0.3 is 0 Å². The van der Waals surface area contributed by atoms with Crippen LogP contribution in [-0.4, -0.2) is 60.5 Å². The van der Waals surface area contributed by atoms with Gasteiger partial charge in [0.05, 0.1) is 6.10 Å². The van der Waals surface area contributed by atoms with E-state index in [1.807, 2.05) is 18.7 Å². The highest BCUT2D eigenvalue weighted by molar-refractivity contribution is 5.79. The number of nitrogens with zero attached hydrogens (tertiary/aromatic N) is 2. The molecule has 0 atom stereocenters. The molecule has 1 aliphatic heterocycles. The van der Waals surface area contributed by atoms with Gasteiger partial charge in [-0.05, 0) is 25.7 Å². The van der Waals surface area contributed by atoms with Crippen molar-refractivity contribution in [1.29, 1.82) is 0 Å². The molecule has 1 fully saturated rings. The molecule has 0 bridgehead atoms. The minimum Gasteiger partial charge on any atom is -0.369 e. The summed E-state index contributed by atoms with van der Waals surface area (Å²) in [6.45, 7) is 12.9. The molecule has 5 nitrogen and oxygen atoms in total. The molecule has 0 unspecified atom stereocenters. The number of carbonyl (C=O) groups is 2. The SMILES string of the molecule is CC(C)OCC(=O)N1CCN(C(=O)CCC(C)(C)C)CC1. The molecule has 0 aromatic heterocycles. The van der Waals surface area contributed by atoms with E-state index in [-0.39, 0.29) is 29.9 Å². The van der Waals surface area contributed by atoms with E-state index in [2.05, 4.69) is 20.8 Å². The van der Waals surface area contributed by atoms with Crippen LogP contribution in [0.3, 0.4) is 0 Å². The minimum atomic E-state index is 0.0190. The molecule has 0 N–H and O–H groups in total. The van der Waals surface area contributed by atoms with Gasteiger partial charge in [-0.1, -0.05) is 20.8 Å². The molecule has 0 aromatic rings. The van der Waals surface area contributed by atoms with E-state index in [9.17, 15) is 9.59 Å². The zero-order chi connectivity index (χ0) is 16.0. The lowest BCUT2D eigenvalue weighted by molar-refractivity contribution is -0.143. The molecule has 0 saturated carbocycles. The molecular formula is C16H30N2O3. The van der Waals surface area contributed by atoms with Gasteiger partial charge < -0.3 is 14.5 Å². The van der Waals surface area contributed by atoms with Crippen molar-refractivity contribution < 1.29 is 14.3 Å². The number of ether oxygens (including phenoxy) is 1. The maximum atomic E-state index is 12.1. The molecule has 2 amide bonds. The number of rotatable bonds is 5. The van der Waals surface area contributed by atoms with Crippen LogP contribution in [0, 0.1) is 5.41 Å². The van der Waals surface area contributed by atoms with Gasteiger partial charge in [0.25, 0.3) is 0 Å². The molecule has 1 rings (SSSR count). The van der Waals surface area contributed by atoms with Crippen molar-refractivity contribution in [1.82, 2.24) is 9.80 Å². The van der Waals surface area contributed by atoms with Crippen LogP contribution in [0.2, 0.25) is 0 Å². The minimum absolute atomic E-state index is 0.0190. The molecule has 1 heterocycles. The second kappa shape index (κ2) is 7.78. The second-order valence-corrected chi connectivity index (χ2v) is 7.18. The average molecular weight is 298 g/mol. The first-order chi connectivity index (χ1) is 9.69. The number of hydrogen-bond acceptors (Lipinski definition) is 3. The fraction of sp³-hybridized carbons (Fsp3) is 0.875. The summed E-state index contributed by atoms with van der Waals surface area (Å²) in [6.07, 6.45) is 1.55. The summed E-state index contributed by atoms with van der Waals surface area (Å²) >= 11 is 0. The molecule has 0 aliphatic carbocycles. The first kappa shape index (κ1) is 18.0. The maximum Gasteiger partial charge on any atom is 0.248 e. The zero-order valence-electron chi connectivity index (χ0n) is 14.1. The molecule has 1 aliphatic rings. The average Bonchev–Trinajstić information content (AvgIpc) is 2.41. The predicted molar refractivity (Wildman–Crippen MR) is 82.9 cm³/mol. The van der Waals surface area contributed by atoms with E-state index < -0.39 is 0 Å². The Hall–Kier alpha value is -1.10. The van der Waals surface area contributed by atoms with Crippen LogP contribution in [0.15, 0.2) is 0 Å². The Morgan fingerprint density at radius 1 is 1.00 bits per heavy atom. The van der Waals surface area contributed by atoms with Gasteiger partial charge in [0.1, 0.15) is 6.61 Å². The van der Waals surface area contributed by atoms with Crippen LogP contribution in [0.1, 0.15) is 47.5 Å². The zero-order valence-corrected chi connectivity index (χ0v) is 14.1. The van der Waals surface area contributed by atoms with Crippen LogP contribution in [-0.2, 0) is 14.3 Å². The highest BCUT2D eigenvalue weighted by Gasteiger charge is 2.24. The van der Waals surface area contributed by atoms with Gasteiger partial charge in [0, 0.05) is 32.6 Å². The Kier molecular flexibility index (Phi) is 6.65. The third-order valence-corrected chi connectivity index (χ3v) is 3.61. The highest BCUT2D eigenvalue weighted by atomic mass is 16.5. The van der Waals surface area contributed by atoms with Crippen LogP contribution in [0.5, 0.6) is 0 Å². The molecule has 21 heavy (non-hydrogen) atoms. The number of amides is 2. The van der Waals surface area contributed by atoms with Gasteiger partial charge in [-0.2, -0.15) is 0 Å². The van der Waals surface area contributed by atoms with Gasteiger partial charge in [-0.25, -0.2) is 0 Å². The summed E-state index contributed by atoms with van der Waals surface area (Å²) in [5, 5.41) is 0. The molecule has 0 radical (unpaired) electrons. The lowest BCUT2D eigenvalue weighted by Crippen LogP contribution is -2.51. The molecule has 5 heteroatoms. The van der Waals surface area contributed by atoms with Crippen molar-refractivity contribution in [3.8, 4) is 0 Å². The van der Waals surface area contributed by atoms with E-state index in [1.165, 1.54) is 0 Å². The van der Waals surface area contributed by atoms with Crippen LogP contribution < -0.4 is 0 Å². The Bertz CT molecular complexity index is 353. The van der Waals surface area contributed by atoms with E-state index in [4.69, 9.17) is 4.74 Å². The highest BCUT2D eigenvalue weighted by Crippen LogP contribution is 2.21. The molecule has 122 valence electrons. The summed E-state index contributed by atoms with van der Waals surface area (Å²) in [6, 6.07) is 0. The largest absolute Gasteiger partial charge is 0.369 e. The topological polar surface area (TPSA) is 49.9 Å². The summed E-state index contributed by atoms with van der Waals surface area (Å²) in [7, 11) is 0. The van der Waals surface area contributed by atoms with E-state index >= 15 is 0 Å². The van der Waals surface area contributed by atoms with Gasteiger partial charge in [0.15, 0.2) is 0 Å². The standard InChI is InChI=1S/C16H30N2O3/c1-13(2)21-12-15(20)18-10-8-17(9-11-18)14(19)6-7-16(3,4)5/h13H,6-12H2,1-5H3. The van der Waals surface area contributed by atoms with Gasteiger partial charge in [-0.3, -0.25) is 9.59 Å². The van der Waals surface area contributed by atoms with E-state index in [0.717, 1.165) is 6.42 Å². The third-order valence-electron chi connectivity index (χ3n) is 3.61. The van der Waals surface area contributed by atoms with Crippen LogP contribution >= 0.6 is 0 Å². The first-order valence-corrected chi connectivity index (χ1v) is 7.86. The summed E-state index contributed by atoms with van der Waals surface area (Å²) in [4.78, 5) is 27.7. The van der Waals surface area contributed by atoms with Crippen molar-refractivity contribution in [2.24, 2.45) is 5.41 Å². The first-order valence-electron chi connectivity index (χ1n) is 7.86. The van der Waals surface area contributed by atoms with Gasteiger partial charge in [0.2, 0.25) is 11.8 Å². The quantitative estimate of drug-likeness (QED) is 0.779. The van der Waals surface area contributed by atoms with Crippen LogP contribution in [0.25, 0.3) is 0 Å². The summed E-state index contributed by atoms with van der Waals surface area (Å²) < 4.78 is 5.34. The van der Waals surface area contributed by atoms with Crippen molar-refractivity contribution in [3.05, 3.63) is 0 Å². The smallest absolute Gasteiger partial charge is 0.248 e. The molecular weight excluding hydrogens is 268 g/mol. The Balaban J connectivity index is 2.31. The molecule has 0 aromatic carbocycles. The Labute approximate surface area is 128 Å². The Morgan fingerprint density at radius 3 is 1.90 bits per heavy atom. The third kappa shape index (κ3) is 6.93. The fourth-order valence-corrected chi connectivity index (χ4v) is 2.17. The van der Waals surface area contributed by atoms with Gasteiger partial charge in [-0.15, -0.1) is 0 Å². The van der Waals surface area contributed by atoms with Crippen molar-refractivity contribution in [2.75, 3.05) is 32.8 Å². The number of hydrogen-bond donors (Lipinski definition) is 0. The fourth-order valence-electron chi connectivity index (χ4n) is 2.17. The van der Waals surface area contributed by atoms with Crippen LogP contribution in [0.4, 0.5) is 0 Å². The predicted octanol–water partition coefficient (Wildman–Crippen LogP) is 1.91. The van der Waals surface area contributed by atoms with Crippen molar-refractivity contribution >= 4 is 11.8 Å². The van der Waals surface area contributed by atoms with E-state index in [0.29, 0.717) is 32.6 Å². The maximum absolute atomic E-state index is 12.1. The lowest BCUT2D eigenvalue weighted by Gasteiger charge is -2.35. The van der Waals surface area contributed by atoms with Crippen molar-refractivity contribution in [2.45, 2.75) is 53.6 Å². The Morgan fingerprint density at radius 2 is 1.48 bits per heavy atom. The summed E-state index contributed by atoms with van der Waals surface area (Å²) in [5.41, 5.74) is 0.182. The monoisotopic (exact) mass is 298 g/mol. The second-order valence-electron chi connectivity index (χ2n) is 7.18. The van der Waals surface area contributed by atoms with E-state index in [1.54, 1.807) is 4.90 Å². The summed E-state index contributed by atoms with van der Waals surface area (Å²) in [5.74, 6) is 0.223. The molecule has 0 spiro atoms. The molecule has 1 saturated heterocycles. The van der Waals surface area contributed by atoms with Crippen molar-refractivity contribution in [3.63, 3.8) is 0 Å². The lowest BCUT2D eigenvalue weighted by atomic mass is 9.90.